The molecule has 3 nitrogen and oxygen atoms in total. The van der Waals surface area contributed by atoms with Crippen molar-refractivity contribution in [1.82, 2.24) is 15.0 Å². The molecule has 0 radical (unpaired) electrons. The van der Waals surface area contributed by atoms with Crippen molar-refractivity contribution in [2.24, 2.45) is 0 Å². The fraction of sp³-hybridized carbons (Fsp3) is 0.111. The highest BCUT2D eigenvalue weighted by Gasteiger charge is 2.02. The molecule has 0 fully saturated rings. The molecule has 0 unspecified atom stereocenters. The van der Waals surface area contributed by atoms with Gasteiger partial charge in [-0.05, 0) is 6.07 Å². The van der Waals surface area contributed by atoms with Crippen LogP contribution in [-0.4, -0.2) is 20.7 Å². The highest BCUT2D eigenvalue weighted by molar-refractivity contribution is 7.99. The van der Waals surface area contributed by atoms with Crippen molar-refractivity contribution in [3.8, 4) is 0 Å². The van der Waals surface area contributed by atoms with Gasteiger partial charge < -0.3 is 4.98 Å². The molecular weight excluding hydrogens is 182 g/mol. The van der Waals surface area contributed by atoms with Gasteiger partial charge in [0, 0.05) is 11.9 Å². The van der Waals surface area contributed by atoms with Crippen LogP contribution < -0.4 is 0 Å². The first-order valence-corrected chi connectivity index (χ1v) is 4.92. The third-order valence-corrected chi connectivity index (χ3v) is 2.66. The van der Waals surface area contributed by atoms with E-state index < -0.39 is 0 Å². The Kier molecular flexibility index (Phi) is 2.31. The molecule has 2 heterocycles. The molecule has 0 aromatic carbocycles. The Morgan fingerprint density at radius 2 is 2.46 bits per heavy atom. The summed E-state index contributed by atoms with van der Waals surface area (Å²) in [5.41, 5.74) is 0.890. The van der Waals surface area contributed by atoms with Crippen LogP contribution in [0.1, 0.15) is 0 Å². The SMILES string of the molecule is C=CCSc1ncnc2[nH]ccc12. The van der Waals surface area contributed by atoms with E-state index in [0.29, 0.717) is 0 Å². The number of nitrogens with zero attached hydrogens (tertiary/aromatic N) is 2. The zero-order valence-electron chi connectivity index (χ0n) is 7.03. The van der Waals surface area contributed by atoms with E-state index in [-0.39, 0.29) is 0 Å². The number of hydrogen-bond acceptors (Lipinski definition) is 3. The molecule has 13 heavy (non-hydrogen) atoms. The molecule has 0 aliphatic heterocycles. The van der Waals surface area contributed by atoms with Gasteiger partial charge in [-0.15, -0.1) is 18.3 Å². The Balaban J connectivity index is 2.42. The standard InChI is InChI=1S/C9H9N3S/c1-2-5-13-9-7-3-4-10-8(7)11-6-12-9/h2-4,6H,1,5H2,(H,10,11,12). The van der Waals surface area contributed by atoms with Crippen molar-refractivity contribution in [3.63, 3.8) is 0 Å². The summed E-state index contributed by atoms with van der Waals surface area (Å²) >= 11 is 1.67. The second-order valence-corrected chi connectivity index (χ2v) is 3.53. The normalized spacial score (nSPS) is 10.5. The van der Waals surface area contributed by atoms with Crippen LogP contribution in [0.5, 0.6) is 0 Å². The summed E-state index contributed by atoms with van der Waals surface area (Å²) in [6, 6.07) is 1.99. The van der Waals surface area contributed by atoms with Crippen molar-refractivity contribution >= 4 is 22.8 Å². The Bertz CT molecular complexity index is 421. The molecule has 2 aromatic heterocycles. The predicted octanol–water partition coefficient (Wildman–Crippen LogP) is 2.24. The van der Waals surface area contributed by atoms with E-state index in [0.717, 1.165) is 21.8 Å². The maximum atomic E-state index is 4.20. The second kappa shape index (κ2) is 3.62. The highest BCUT2D eigenvalue weighted by Crippen LogP contribution is 2.23. The molecule has 4 heteroatoms. The summed E-state index contributed by atoms with van der Waals surface area (Å²) in [4.78, 5) is 11.4. The van der Waals surface area contributed by atoms with Crippen molar-refractivity contribution < 1.29 is 0 Å². The molecule has 66 valence electrons. The summed E-state index contributed by atoms with van der Waals surface area (Å²) < 4.78 is 0. The molecule has 0 spiro atoms. The van der Waals surface area contributed by atoms with E-state index in [2.05, 4.69) is 21.5 Å². The van der Waals surface area contributed by atoms with E-state index >= 15 is 0 Å². The van der Waals surface area contributed by atoms with Gasteiger partial charge in [0.15, 0.2) is 0 Å². The minimum Gasteiger partial charge on any atom is -0.346 e. The van der Waals surface area contributed by atoms with Crippen molar-refractivity contribution in [2.75, 3.05) is 5.75 Å². The molecule has 0 saturated heterocycles. The Labute approximate surface area is 80.3 Å². The molecule has 0 aliphatic rings. The van der Waals surface area contributed by atoms with Crippen LogP contribution in [-0.2, 0) is 0 Å². The summed E-state index contributed by atoms with van der Waals surface area (Å²) in [7, 11) is 0. The average Bonchev–Trinajstić information content (AvgIpc) is 2.62. The number of fused-ring (bicyclic) bond motifs is 1. The number of rotatable bonds is 3. The van der Waals surface area contributed by atoms with Crippen molar-refractivity contribution in [3.05, 3.63) is 31.2 Å². The largest absolute Gasteiger partial charge is 0.346 e. The molecule has 0 bridgehead atoms. The number of aromatic amines is 1. The lowest BCUT2D eigenvalue weighted by Gasteiger charge is -1.97. The Morgan fingerprint density at radius 1 is 1.54 bits per heavy atom. The minimum atomic E-state index is 0.872. The van der Waals surface area contributed by atoms with Crippen LogP contribution in [0.25, 0.3) is 11.0 Å². The summed E-state index contributed by atoms with van der Waals surface area (Å²) in [5, 5.41) is 2.08. The van der Waals surface area contributed by atoms with Crippen LogP contribution in [0.2, 0.25) is 0 Å². The lowest BCUT2D eigenvalue weighted by atomic mass is 10.4. The van der Waals surface area contributed by atoms with Gasteiger partial charge in [0.2, 0.25) is 0 Å². The first-order chi connectivity index (χ1) is 6.42. The first kappa shape index (κ1) is 8.31. The van der Waals surface area contributed by atoms with Gasteiger partial charge in [0.25, 0.3) is 0 Å². The topological polar surface area (TPSA) is 41.6 Å². The Hall–Kier alpha value is -1.29. The molecule has 1 N–H and O–H groups in total. The molecule has 2 rings (SSSR count). The fourth-order valence-corrected chi connectivity index (χ4v) is 1.82. The third kappa shape index (κ3) is 1.58. The van der Waals surface area contributed by atoms with Crippen LogP contribution in [0.3, 0.4) is 0 Å². The maximum absolute atomic E-state index is 4.20. The van der Waals surface area contributed by atoms with E-state index in [1.165, 1.54) is 0 Å². The van der Waals surface area contributed by atoms with Gasteiger partial charge in [0.1, 0.15) is 17.0 Å². The predicted molar refractivity (Wildman–Crippen MR) is 54.8 cm³/mol. The van der Waals surface area contributed by atoms with Crippen LogP contribution >= 0.6 is 11.8 Å². The highest BCUT2D eigenvalue weighted by atomic mass is 32.2. The van der Waals surface area contributed by atoms with Gasteiger partial charge in [-0.1, -0.05) is 6.08 Å². The monoisotopic (exact) mass is 191 g/mol. The van der Waals surface area contributed by atoms with Crippen LogP contribution in [0.15, 0.2) is 36.3 Å². The molecule has 0 aliphatic carbocycles. The number of hydrogen-bond donors (Lipinski definition) is 1. The quantitative estimate of drug-likeness (QED) is 0.459. The van der Waals surface area contributed by atoms with Crippen molar-refractivity contribution in [1.29, 1.82) is 0 Å². The zero-order chi connectivity index (χ0) is 9.10. The van der Waals surface area contributed by atoms with Crippen molar-refractivity contribution in [2.45, 2.75) is 5.03 Å². The van der Waals surface area contributed by atoms with Crippen LogP contribution in [0.4, 0.5) is 0 Å². The van der Waals surface area contributed by atoms with Crippen LogP contribution in [0, 0.1) is 0 Å². The lowest BCUT2D eigenvalue weighted by molar-refractivity contribution is 1.09. The van der Waals surface area contributed by atoms with Gasteiger partial charge in [-0.25, -0.2) is 9.97 Å². The van der Waals surface area contributed by atoms with E-state index in [4.69, 9.17) is 0 Å². The zero-order valence-corrected chi connectivity index (χ0v) is 7.84. The first-order valence-electron chi connectivity index (χ1n) is 3.93. The molecule has 0 saturated carbocycles. The fourth-order valence-electron chi connectivity index (χ4n) is 1.10. The average molecular weight is 191 g/mol. The van der Waals surface area contributed by atoms with Gasteiger partial charge in [0.05, 0.1) is 5.39 Å². The third-order valence-electron chi connectivity index (χ3n) is 1.66. The smallest absolute Gasteiger partial charge is 0.141 e. The number of H-pyrrole nitrogens is 1. The molecular formula is C9H9N3S. The summed E-state index contributed by atoms with van der Waals surface area (Å²) in [5.74, 6) is 0.872. The Morgan fingerprint density at radius 3 is 3.31 bits per heavy atom. The van der Waals surface area contributed by atoms with Gasteiger partial charge >= 0.3 is 0 Å². The summed E-state index contributed by atoms with van der Waals surface area (Å²) in [6.45, 7) is 3.67. The minimum absolute atomic E-state index is 0.872. The summed E-state index contributed by atoms with van der Waals surface area (Å²) in [6.07, 6.45) is 5.31. The molecule has 2 aromatic rings. The number of thioether (sulfide) groups is 1. The van der Waals surface area contributed by atoms with E-state index in [9.17, 15) is 0 Å². The maximum Gasteiger partial charge on any atom is 0.141 e. The number of nitrogens with one attached hydrogen (secondary N) is 1. The number of aromatic nitrogens is 3. The van der Waals surface area contributed by atoms with Gasteiger partial charge in [-0.2, -0.15) is 0 Å². The van der Waals surface area contributed by atoms with Gasteiger partial charge in [-0.3, -0.25) is 0 Å². The van der Waals surface area contributed by atoms with E-state index in [1.54, 1.807) is 18.1 Å². The second-order valence-electron chi connectivity index (χ2n) is 2.52. The lowest BCUT2D eigenvalue weighted by Crippen LogP contribution is -1.84. The molecule has 0 atom stereocenters. The van der Waals surface area contributed by atoms with E-state index in [1.807, 2.05) is 18.3 Å². The molecule has 0 amide bonds.